The Morgan fingerprint density at radius 3 is 1.67 bits per heavy atom. The molecule has 8 atom stereocenters. The van der Waals surface area contributed by atoms with Gasteiger partial charge < -0.3 is 74.8 Å². The number of guanidine groups is 1. The van der Waals surface area contributed by atoms with Gasteiger partial charge in [-0.3, -0.25) is 58.1 Å². The molecule has 0 bridgehead atoms. The van der Waals surface area contributed by atoms with Crippen LogP contribution in [0.25, 0.3) is 0 Å². The maximum absolute atomic E-state index is 13.5. The van der Waals surface area contributed by atoms with Crippen LogP contribution < -0.4 is 64.6 Å². The summed E-state index contributed by atoms with van der Waals surface area (Å²) in [5.41, 5.74) is 10.7. The Hall–Kier alpha value is -6.60. The topological polar surface area (TPSA) is 424 Å². The fourth-order valence-electron chi connectivity index (χ4n) is 6.14. The van der Waals surface area contributed by atoms with Crippen LogP contribution in [0.15, 0.2) is 0 Å². The summed E-state index contributed by atoms with van der Waals surface area (Å²) in [4.78, 5) is 139. The maximum Gasteiger partial charge on any atom is 0.305 e. The Balaban J connectivity index is 2.93. The fraction of sp³-hybridized carbons (Fsp3) is 0.684. The van der Waals surface area contributed by atoms with Gasteiger partial charge in [0.2, 0.25) is 53.2 Å². The zero-order chi connectivity index (χ0) is 48.8. The van der Waals surface area contributed by atoms with Gasteiger partial charge in [-0.1, -0.05) is 27.7 Å². The summed E-state index contributed by atoms with van der Waals surface area (Å²) in [5.74, 6) is -12.0. The number of amides is 9. The van der Waals surface area contributed by atoms with Gasteiger partial charge in [-0.2, -0.15) is 0 Å². The number of nitrogens with two attached hydrogens (primary N) is 2. The van der Waals surface area contributed by atoms with E-state index in [1.807, 2.05) is 0 Å². The maximum atomic E-state index is 13.5. The molecule has 1 rings (SSSR count). The highest BCUT2D eigenvalue weighted by Gasteiger charge is 2.34. The normalized spacial score (nSPS) is 16.5. The predicted molar refractivity (Wildman–Crippen MR) is 226 cm³/mol. The molecule has 1 saturated heterocycles. The molecule has 0 saturated carbocycles. The van der Waals surface area contributed by atoms with Gasteiger partial charge in [0.15, 0.2) is 5.96 Å². The molecule has 360 valence electrons. The summed E-state index contributed by atoms with van der Waals surface area (Å²) in [6.45, 7) is 9.42. The second kappa shape index (κ2) is 27.5. The van der Waals surface area contributed by atoms with Crippen molar-refractivity contribution >= 4 is 71.1 Å². The molecule has 0 aromatic heterocycles. The minimum atomic E-state index is -1.88. The van der Waals surface area contributed by atoms with E-state index in [1.54, 1.807) is 27.7 Å². The average molecular weight is 912 g/mol. The molecule has 1 aliphatic rings. The van der Waals surface area contributed by atoms with Crippen molar-refractivity contribution < 1.29 is 63.0 Å². The van der Waals surface area contributed by atoms with E-state index >= 15 is 0 Å². The summed E-state index contributed by atoms with van der Waals surface area (Å²) < 4.78 is 0. The second-order valence-electron chi connectivity index (χ2n) is 16.1. The average Bonchev–Trinajstić information content (AvgIpc) is 3.74. The lowest BCUT2D eigenvalue weighted by Crippen LogP contribution is -2.59. The van der Waals surface area contributed by atoms with E-state index in [0.29, 0.717) is 19.4 Å². The van der Waals surface area contributed by atoms with Gasteiger partial charge in [0.25, 0.3) is 0 Å². The van der Waals surface area contributed by atoms with Crippen LogP contribution in [0.5, 0.6) is 0 Å². The third-order valence-corrected chi connectivity index (χ3v) is 9.58. The van der Waals surface area contributed by atoms with Crippen molar-refractivity contribution in [1.29, 1.82) is 5.41 Å². The second-order valence-corrected chi connectivity index (χ2v) is 16.1. The number of hydrogen-bond donors (Lipinski definition) is 15. The van der Waals surface area contributed by atoms with Gasteiger partial charge in [0.05, 0.1) is 25.4 Å². The van der Waals surface area contributed by atoms with E-state index in [2.05, 4.69) is 53.2 Å². The SMILES string of the molecule is CC(C)C[C@H](NC(=O)CNC(=O)[C@H](C)NC(=O)[C@H](CC(=O)O)NC(=O)[C@H](CC(=O)O)NC(=O)[C@H](C)NC(=O)[C@@H]1CCCN1)C(=O)N[C@H](C(=O)N[C@@H](CCCNC(=N)N)C(N)=O)C(C)C. The van der Waals surface area contributed by atoms with Crippen molar-refractivity contribution in [2.24, 2.45) is 23.3 Å². The molecule has 0 aromatic carbocycles. The number of hydrogen-bond acceptors (Lipinski definition) is 13. The van der Waals surface area contributed by atoms with Crippen molar-refractivity contribution in [2.45, 2.75) is 135 Å². The van der Waals surface area contributed by atoms with Gasteiger partial charge in [0, 0.05) is 6.54 Å². The molecule has 1 aliphatic heterocycles. The molecule has 0 aliphatic carbocycles. The fourth-order valence-corrected chi connectivity index (χ4v) is 6.14. The summed E-state index contributed by atoms with van der Waals surface area (Å²) >= 11 is 0. The molecule has 0 radical (unpaired) electrons. The van der Waals surface area contributed by atoms with Crippen molar-refractivity contribution in [1.82, 2.24) is 53.2 Å². The molecular formula is C38H65N13O13. The predicted octanol–water partition coefficient (Wildman–Crippen LogP) is -5.31. The van der Waals surface area contributed by atoms with Crippen LogP contribution in [0.1, 0.15) is 86.5 Å². The van der Waals surface area contributed by atoms with Crippen molar-refractivity contribution in [3.8, 4) is 0 Å². The number of carboxylic acid groups (broad SMARTS) is 2. The lowest BCUT2D eigenvalue weighted by atomic mass is 9.99. The first-order valence-electron chi connectivity index (χ1n) is 20.8. The van der Waals surface area contributed by atoms with E-state index in [-0.39, 0.29) is 31.3 Å². The monoisotopic (exact) mass is 911 g/mol. The quantitative estimate of drug-likeness (QED) is 0.0198. The minimum Gasteiger partial charge on any atom is -0.481 e. The first-order chi connectivity index (χ1) is 29.8. The van der Waals surface area contributed by atoms with Crippen LogP contribution in [0.3, 0.4) is 0 Å². The smallest absolute Gasteiger partial charge is 0.305 e. The van der Waals surface area contributed by atoms with E-state index in [4.69, 9.17) is 16.9 Å². The summed E-state index contributed by atoms with van der Waals surface area (Å²) in [5, 5.41) is 50.4. The minimum absolute atomic E-state index is 0.0961. The van der Waals surface area contributed by atoms with Gasteiger partial charge in [-0.05, 0) is 64.3 Å². The highest BCUT2D eigenvalue weighted by Crippen LogP contribution is 2.10. The molecule has 26 nitrogen and oxygen atoms in total. The standard InChI is InChI=1S/C38H65N13O13/c1-17(2)13-23(36(63)51-29(18(3)4)37(64)48-21(30(39)57)9-7-12-43-38(40)41)47-26(52)16-44-31(58)19(5)45-34(61)24(14-27(53)54)50-35(62)25(15-28(55)56)49-32(59)20(6)46-33(60)22-10-8-11-42-22/h17-25,29,42H,7-16H2,1-6H3,(H2,39,57)(H,44,58)(H,45,61)(H,46,60)(H,47,52)(H,48,64)(H,49,59)(H,50,62)(H,51,63)(H,53,54)(H,55,56)(H4,40,41,43)/t19-,20-,21-,22-,23-,24-,25-,29-/m0/s1. The van der Waals surface area contributed by atoms with E-state index in [9.17, 15) is 63.0 Å². The van der Waals surface area contributed by atoms with Gasteiger partial charge in [0.1, 0.15) is 42.3 Å². The molecule has 9 amide bonds. The Labute approximate surface area is 369 Å². The van der Waals surface area contributed by atoms with E-state index < -0.39 is 139 Å². The van der Waals surface area contributed by atoms with E-state index in [1.165, 1.54) is 13.8 Å². The van der Waals surface area contributed by atoms with Crippen LogP contribution >= 0.6 is 0 Å². The molecule has 17 N–H and O–H groups in total. The van der Waals surface area contributed by atoms with Crippen LogP contribution in [0.2, 0.25) is 0 Å². The number of aliphatic carboxylic acids is 2. The third kappa shape index (κ3) is 21.0. The van der Waals surface area contributed by atoms with Crippen molar-refractivity contribution in [2.75, 3.05) is 19.6 Å². The first kappa shape index (κ1) is 55.4. The molecule has 0 unspecified atom stereocenters. The molecular weight excluding hydrogens is 846 g/mol. The van der Waals surface area contributed by atoms with Crippen LogP contribution in [0, 0.1) is 17.2 Å². The van der Waals surface area contributed by atoms with Crippen LogP contribution in [-0.4, -0.2) is 149 Å². The summed E-state index contributed by atoms with van der Waals surface area (Å²) in [7, 11) is 0. The molecule has 0 aromatic rings. The molecule has 1 fully saturated rings. The molecule has 26 heteroatoms. The molecule has 64 heavy (non-hydrogen) atoms. The largest absolute Gasteiger partial charge is 0.481 e. The van der Waals surface area contributed by atoms with Crippen LogP contribution in [-0.2, 0) is 52.7 Å². The Kier molecular flexibility index (Phi) is 23.8. The Morgan fingerprint density at radius 1 is 0.641 bits per heavy atom. The van der Waals surface area contributed by atoms with Gasteiger partial charge >= 0.3 is 11.9 Å². The third-order valence-electron chi connectivity index (χ3n) is 9.58. The highest BCUT2D eigenvalue weighted by atomic mass is 16.4. The molecule has 1 heterocycles. The molecule has 0 spiro atoms. The van der Waals surface area contributed by atoms with Gasteiger partial charge in [-0.25, -0.2) is 0 Å². The highest BCUT2D eigenvalue weighted by molar-refractivity contribution is 5.99. The van der Waals surface area contributed by atoms with Crippen molar-refractivity contribution in [3.63, 3.8) is 0 Å². The summed E-state index contributed by atoms with van der Waals surface area (Å²) in [6.07, 6.45) is -0.222. The summed E-state index contributed by atoms with van der Waals surface area (Å²) in [6, 6.07) is -10.4. The lowest BCUT2D eigenvalue weighted by molar-refractivity contribution is -0.143. The van der Waals surface area contributed by atoms with Crippen molar-refractivity contribution in [3.05, 3.63) is 0 Å². The number of primary amides is 1. The van der Waals surface area contributed by atoms with Crippen LogP contribution in [0.4, 0.5) is 0 Å². The zero-order valence-electron chi connectivity index (χ0n) is 36.9. The number of carbonyl (C=O) groups excluding carboxylic acids is 9. The number of carboxylic acids is 2. The number of rotatable bonds is 28. The lowest BCUT2D eigenvalue weighted by Gasteiger charge is -2.27. The van der Waals surface area contributed by atoms with Gasteiger partial charge in [-0.15, -0.1) is 0 Å². The number of carbonyl (C=O) groups is 11. The Morgan fingerprint density at radius 2 is 1.17 bits per heavy atom. The van der Waals surface area contributed by atoms with E-state index in [0.717, 1.165) is 6.42 Å². The number of nitrogens with one attached hydrogen (secondary N) is 11. The zero-order valence-corrected chi connectivity index (χ0v) is 36.9. The first-order valence-corrected chi connectivity index (χ1v) is 20.8. The Bertz CT molecular complexity index is 1720.